The summed E-state index contributed by atoms with van der Waals surface area (Å²) < 4.78 is 10.2. The standard InChI is InChI=1S/C12H17NO3/c1-7-5-8(7)10-3-4-11(16-10)9(13)6-12(14)15-2/h3-4,7-9H,5-6,13H2,1-2H3/t7?,8?,9-/m1/s1. The molecule has 1 aliphatic carbocycles. The molecule has 0 amide bonds. The fourth-order valence-electron chi connectivity index (χ4n) is 1.85. The molecule has 1 aromatic rings. The molecule has 0 radical (unpaired) electrons. The fourth-order valence-corrected chi connectivity index (χ4v) is 1.85. The molecule has 1 aromatic heterocycles. The average Bonchev–Trinajstić information content (AvgIpc) is 2.82. The largest absolute Gasteiger partial charge is 0.469 e. The smallest absolute Gasteiger partial charge is 0.307 e. The van der Waals surface area contributed by atoms with Crippen LogP contribution in [0.3, 0.4) is 0 Å². The zero-order valence-electron chi connectivity index (χ0n) is 9.60. The lowest BCUT2D eigenvalue weighted by Crippen LogP contribution is -2.15. The second-order valence-corrected chi connectivity index (χ2v) is 4.45. The molecule has 2 unspecified atom stereocenters. The van der Waals surface area contributed by atoms with Crippen molar-refractivity contribution < 1.29 is 13.9 Å². The minimum Gasteiger partial charge on any atom is -0.469 e. The van der Waals surface area contributed by atoms with Gasteiger partial charge >= 0.3 is 5.97 Å². The number of esters is 1. The first-order valence-electron chi connectivity index (χ1n) is 5.54. The summed E-state index contributed by atoms with van der Waals surface area (Å²) in [6.45, 7) is 2.20. The van der Waals surface area contributed by atoms with E-state index in [1.54, 1.807) is 0 Å². The zero-order chi connectivity index (χ0) is 11.7. The van der Waals surface area contributed by atoms with E-state index in [1.165, 1.54) is 13.5 Å². The number of carbonyl (C=O) groups is 1. The minimum absolute atomic E-state index is 0.156. The second-order valence-electron chi connectivity index (χ2n) is 4.45. The Bertz CT molecular complexity index is 385. The highest BCUT2D eigenvalue weighted by Gasteiger charge is 2.36. The third-order valence-corrected chi connectivity index (χ3v) is 3.10. The Hall–Kier alpha value is -1.29. The van der Waals surface area contributed by atoms with Gasteiger partial charge in [0, 0.05) is 5.92 Å². The fraction of sp³-hybridized carbons (Fsp3) is 0.583. The van der Waals surface area contributed by atoms with E-state index in [0.29, 0.717) is 17.6 Å². The van der Waals surface area contributed by atoms with E-state index in [4.69, 9.17) is 10.2 Å². The highest BCUT2D eigenvalue weighted by molar-refractivity contribution is 5.70. The van der Waals surface area contributed by atoms with Crippen molar-refractivity contribution in [3.05, 3.63) is 23.7 Å². The van der Waals surface area contributed by atoms with Crippen LogP contribution in [0.15, 0.2) is 16.5 Å². The molecule has 0 aliphatic heterocycles. The van der Waals surface area contributed by atoms with Gasteiger partial charge in [-0.2, -0.15) is 0 Å². The number of nitrogens with two attached hydrogens (primary N) is 1. The molecule has 4 heteroatoms. The van der Waals surface area contributed by atoms with Gasteiger partial charge in [-0.05, 0) is 24.5 Å². The second kappa shape index (κ2) is 4.29. The third-order valence-electron chi connectivity index (χ3n) is 3.10. The van der Waals surface area contributed by atoms with Gasteiger partial charge in [0.1, 0.15) is 11.5 Å². The minimum atomic E-state index is -0.407. The maximum Gasteiger partial charge on any atom is 0.307 e. The van der Waals surface area contributed by atoms with Crippen molar-refractivity contribution in [2.24, 2.45) is 11.7 Å². The van der Waals surface area contributed by atoms with E-state index in [9.17, 15) is 4.79 Å². The normalized spacial score (nSPS) is 25.2. The molecule has 2 rings (SSSR count). The molecule has 1 fully saturated rings. The van der Waals surface area contributed by atoms with Crippen molar-refractivity contribution in [1.29, 1.82) is 0 Å². The molecule has 88 valence electrons. The number of rotatable bonds is 4. The maximum atomic E-state index is 11.1. The first kappa shape index (κ1) is 11.2. The van der Waals surface area contributed by atoms with Gasteiger partial charge in [-0.15, -0.1) is 0 Å². The van der Waals surface area contributed by atoms with Crippen molar-refractivity contribution in [2.45, 2.75) is 31.7 Å². The Kier molecular flexibility index (Phi) is 3.01. The predicted octanol–water partition coefficient (Wildman–Crippen LogP) is 1.97. The van der Waals surface area contributed by atoms with Crippen LogP contribution in [-0.2, 0) is 9.53 Å². The van der Waals surface area contributed by atoms with Gasteiger partial charge < -0.3 is 14.9 Å². The zero-order valence-corrected chi connectivity index (χ0v) is 9.60. The molecule has 0 bridgehead atoms. The van der Waals surface area contributed by atoms with E-state index in [0.717, 1.165) is 5.76 Å². The first-order valence-corrected chi connectivity index (χ1v) is 5.54. The Labute approximate surface area is 94.8 Å². The summed E-state index contributed by atoms with van der Waals surface area (Å²) in [7, 11) is 1.36. The van der Waals surface area contributed by atoms with Crippen LogP contribution in [0.25, 0.3) is 0 Å². The summed E-state index contributed by atoms with van der Waals surface area (Å²) in [5.74, 6) is 2.59. The molecule has 4 nitrogen and oxygen atoms in total. The summed E-state index contributed by atoms with van der Waals surface area (Å²) in [6, 6.07) is 3.41. The van der Waals surface area contributed by atoms with Crippen LogP contribution in [0.1, 0.15) is 43.2 Å². The molecule has 16 heavy (non-hydrogen) atoms. The van der Waals surface area contributed by atoms with Gasteiger partial charge in [-0.25, -0.2) is 0 Å². The van der Waals surface area contributed by atoms with E-state index in [2.05, 4.69) is 11.7 Å². The Balaban J connectivity index is 1.98. The first-order chi connectivity index (χ1) is 7.61. The molecule has 0 spiro atoms. The number of ether oxygens (including phenoxy) is 1. The molecular formula is C12H17NO3. The molecule has 2 N–H and O–H groups in total. The number of methoxy groups -OCH3 is 1. The SMILES string of the molecule is COC(=O)C[C@@H](N)c1ccc(C2CC2C)o1. The molecule has 1 aliphatic rings. The quantitative estimate of drug-likeness (QED) is 0.792. The highest BCUT2D eigenvalue weighted by atomic mass is 16.5. The van der Waals surface area contributed by atoms with Crippen molar-refractivity contribution in [3.8, 4) is 0 Å². The lowest BCUT2D eigenvalue weighted by Gasteiger charge is -2.06. The van der Waals surface area contributed by atoms with Gasteiger partial charge in [0.2, 0.25) is 0 Å². The van der Waals surface area contributed by atoms with Crippen LogP contribution in [0.2, 0.25) is 0 Å². The van der Waals surface area contributed by atoms with Gasteiger partial charge in [-0.3, -0.25) is 4.79 Å². The van der Waals surface area contributed by atoms with Crippen LogP contribution >= 0.6 is 0 Å². The van der Waals surface area contributed by atoms with Crippen LogP contribution in [0.5, 0.6) is 0 Å². The summed E-state index contributed by atoms with van der Waals surface area (Å²) in [6.07, 6.45) is 1.34. The van der Waals surface area contributed by atoms with E-state index < -0.39 is 6.04 Å². The maximum absolute atomic E-state index is 11.1. The number of furan rings is 1. The molecule has 1 saturated carbocycles. The van der Waals surface area contributed by atoms with Crippen LogP contribution in [0.4, 0.5) is 0 Å². The number of carbonyl (C=O) groups excluding carboxylic acids is 1. The highest BCUT2D eigenvalue weighted by Crippen LogP contribution is 2.47. The van der Waals surface area contributed by atoms with Gasteiger partial charge in [0.25, 0.3) is 0 Å². The summed E-state index contributed by atoms with van der Waals surface area (Å²) >= 11 is 0. The summed E-state index contributed by atoms with van der Waals surface area (Å²) in [5, 5.41) is 0. The van der Waals surface area contributed by atoms with Gasteiger partial charge in [0.15, 0.2) is 0 Å². The van der Waals surface area contributed by atoms with Crippen molar-refractivity contribution in [1.82, 2.24) is 0 Å². The molecule has 0 saturated heterocycles. The monoisotopic (exact) mass is 223 g/mol. The van der Waals surface area contributed by atoms with Gasteiger partial charge in [0.05, 0.1) is 19.6 Å². The molecule has 0 aromatic carbocycles. The topological polar surface area (TPSA) is 65.5 Å². The number of hydrogen-bond acceptors (Lipinski definition) is 4. The predicted molar refractivity (Wildman–Crippen MR) is 58.8 cm³/mol. The van der Waals surface area contributed by atoms with E-state index in [-0.39, 0.29) is 12.4 Å². The molecular weight excluding hydrogens is 206 g/mol. The summed E-state index contributed by atoms with van der Waals surface area (Å²) in [4.78, 5) is 11.1. The van der Waals surface area contributed by atoms with Crippen molar-refractivity contribution in [3.63, 3.8) is 0 Å². The van der Waals surface area contributed by atoms with Crippen LogP contribution < -0.4 is 5.73 Å². The van der Waals surface area contributed by atoms with Crippen LogP contribution in [-0.4, -0.2) is 13.1 Å². The Morgan fingerprint density at radius 3 is 2.94 bits per heavy atom. The van der Waals surface area contributed by atoms with Gasteiger partial charge in [-0.1, -0.05) is 6.92 Å². The number of hydrogen-bond donors (Lipinski definition) is 1. The van der Waals surface area contributed by atoms with Crippen LogP contribution in [0, 0.1) is 5.92 Å². The molecule has 1 heterocycles. The Morgan fingerprint density at radius 2 is 2.38 bits per heavy atom. The van der Waals surface area contributed by atoms with E-state index >= 15 is 0 Å². The lowest BCUT2D eigenvalue weighted by atomic mass is 10.2. The van der Waals surface area contributed by atoms with E-state index in [1.807, 2.05) is 12.1 Å². The lowest BCUT2D eigenvalue weighted by molar-refractivity contribution is -0.141. The summed E-state index contributed by atoms with van der Waals surface area (Å²) in [5.41, 5.74) is 5.85. The Morgan fingerprint density at radius 1 is 1.69 bits per heavy atom. The molecule has 3 atom stereocenters. The third kappa shape index (κ3) is 2.27. The van der Waals surface area contributed by atoms with Crippen molar-refractivity contribution in [2.75, 3.05) is 7.11 Å². The van der Waals surface area contributed by atoms with Crippen molar-refractivity contribution >= 4 is 5.97 Å². The average molecular weight is 223 g/mol.